The standard InChI is InChI=1S/C21H21FN4O2/c1-2-25-10-12-26(13-11-25)21(27)16-8-6-15(7-9-16)20-23-19(24-28-20)17-4-3-5-18(22)14-17/h3-9,14H,2,10-13H2,1H3. The Morgan fingerprint density at radius 3 is 2.50 bits per heavy atom. The molecule has 2 heterocycles. The molecule has 0 unspecified atom stereocenters. The van der Waals surface area contributed by atoms with Crippen molar-refractivity contribution in [3.8, 4) is 22.8 Å². The molecule has 3 aromatic rings. The molecule has 0 N–H and O–H groups in total. The number of hydrogen-bond acceptors (Lipinski definition) is 5. The molecule has 0 saturated carbocycles. The lowest BCUT2D eigenvalue weighted by Gasteiger charge is -2.34. The fourth-order valence-electron chi connectivity index (χ4n) is 3.29. The second-order valence-electron chi connectivity index (χ2n) is 6.74. The van der Waals surface area contributed by atoms with Crippen LogP contribution in [0.4, 0.5) is 4.39 Å². The summed E-state index contributed by atoms with van der Waals surface area (Å²) in [7, 11) is 0. The van der Waals surface area contributed by atoms with Crippen LogP contribution in [0, 0.1) is 5.82 Å². The van der Waals surface area contributed by atoms with Gasteiger partial charge in [0.2, 0.25) is 5.82 Å². The highest BCUT2D eigenvalue weighted by molar-refractivity contribution is 5.94. The van der Waals surface area contributed by atoms with E-state index in [1.807, 2.05) is 4.90 Å². The van der Waals surface area contributed by atoms with Gasteiger partial charge in [-0.05, 0) is 42.9 Å². The lowest BCUT2D eigenvalue weighted by molar-refractivity contribution is 0.0643. The predicted octanol–water partition coefficient (Wildman–Crippen LogP) is 3.32. The molecule has 4 rings (SSSR count). The first kappa shape index (κ1) is 18.3. The highest BCUT2D eigenvalue weighted by Gasteiger charge is 2.21. The van der Waals surface area contributed by atoms with Crippen LogP contribution in [0.3, 0.4) is 0 Å². The monoisotopic (exact) mass is 380 g/mol. The SMILES string of the molecule is CCN1CCN(C(=O)c2ccc(-c3nc(-c4cccc(F)c4)no3)cc2)CC1. The van der Waals surface area contributed by atoms with Crippen LogP contribution < -0.4 is 0 Å². The maximum Gasteiger partial charge on any atom is 0.258 e. The highest BCUT2D eigenvalue weighted by atomic mass is 19.1. The van der Waals surface area contributed by atoms with Gasteiger partial charge in [0.25, 0.3) is 11.8 Å². The minimum atomic E-state index is -0.355. The van der Waals surface area contributed by atoms with Gasteiger partial charge in [-0.1, -0.05) is 24.2 Å². The number of halogens is 1. The van der Waals surface area contributed by atoms with Crippen molar-refractivity contribution in [2.24, 2.45) is 0 Å². The average molecular weight is 380 g/mol. The molecule has 0 spiro atoms. The number of nitrogens with zero attached hydrogens (tertiary/aromatic N) is 4. The van der Waals surface area contributed by atoms with Crippen molar-refractivity contribution in [3.05, 3.63) is 59.9 Å². The van der Waals surface area contributed by atoms with E-state index < -0.39 is 0 Å². The highest BCUT2D eigenvalue weighted by Crippen LogP contribution is 2.23. The average Bonchev–Trinajstić information content (AvgIpc) is 3.24. The van der Waals surface area contributed by atoms with Crippen LogP contribution >= 0.6 is 0 Å². The van der Waals surface area contributed by atoms with E-state index >= 15 is 0 Å². The summed E-state index contributed by atoms with van der Waals surface area (Å²) in [5.41, 5.74) is 1.90. The first-order chi connectivity index (χ1) is 13.6. The smallest absolute Gasteiger partial charge is 0.258 e. The molecule has 0 atom stereocenters. The Morgan fingerprint density at radius 2 is 1.82 bits per heavy atom. The van der Waals surface area contributed by atoms with E-state index in [0.717, 1.165) is 32.7 Å². The van der Waals surface area contributed by atoms with Crippen LogP contribution in [0.15, 0.2) is 53.1 Å². The van der Waals surface area contributed by atoms with E-state index in [2.05, 4.69) is 22.0 Å². The number of carbonyl (C=O) groups is 1. The van der Waals surface area contributed by atoms with Gasteiger partial charge in [0.1, 0.15) is 5.82 Å². The first-order valence-electron chi connectivity index (χ1n) is 9.36. The normalized spacial score (nSPS) is 15.0. The number of amides is 1. The van der Waals surface area contributed by atoms with Gasteiger partial charge >= 0.3 is 0 Å². The van der Waals surface area contributed by atoms with Gasteiger partial charge in [-0.3, -0.25) is 4.79 Å². The van der Waals surface area contributed by atoms with Gasteiger partial charge < -0.3 is 14.3 Å². The van der Waals surface area contributed by atoms with Crippen LogP contribution in [-0.4, -0.2) is 58.6 Å². The third-order valence-corrected chi connectivity index (χ3v) is 4.99. The van der Waals surface area contributed by atoms with Crippen molar-refractivity contribution in [1.29, 1.82) is 0 Å². The summed E-state index contributed by atoms with van der Waals surface area (Å²) in [4.78, 5) is 21.2. The molecule has 1 fully saturated rings. The van der Waals surface area contributed by atoms with E-state index in [-0.39, 0.29) is 11.7 Å². The second kappa shape index (κ2) is 7.90. The number of rotatable bonds is 4. The lowest BCUT2D eigenvalue weighted by atomic mass is 10.1. The maximum absolute atomic E-state index is 13.4. The number of benzene rings is 2. The van der Waals surface area contributed by atoms with Crippen LogP contribution in [0.25, 0.3) is 22.8 Å². The molecule has 0 aliphatic carbocycles. The molecule has 2 aromatic carbocycles. The zero-order valence-electron chi connectivity index (χ0n) is 15.6. The summed E-state index contributed by atoms with van der Waals surface area (Å²) < 4.78 is 18.7. The lowest BCUT2D eigenvalue weighted by Crippen LogP contribution is -2.48. The molecule has 0 radical (unpaired) electrons. The van der Waals surface area contributed by atoms with Crippen LogP contribution in [0.5, 0.6) is 0 Å². The van der Waals surface area contributed by atoms with Crippen molar-refractivity contribution in [2.45, 2.75) is 6.92 Å². The fourth-order valence-corrected chi connectivity index (χ4v) is 3.29. The number of hydrogen-bond donors (Lipinski definition) is 0. The van der Waals surface area contributed by atoms with Crippen molar-refractivity contribution in [2.75, 3.05) is 32.7 Å². The van der Waals surface area contributed by atoms with E-state index in [4.69, 9.17) is 4.52 Å². The predicted molar refractivity (Wildman–Crippen MR) is 103 cm³/mol. The molecule has 7 heteroatoms. The summed E-state index contributed by atoms with van der Waals surface area (Å²) in [6.07, 6.45) is 0. The number of piperazine rings is 1. The number of aromatic nitrogens is 2. The third-order valence-electron chi connectivity index (χ3n) is 4.99. The van der Waals surface area contributed by atoms with E-state index in [1.54, 1.807) is 36.4 Å². The molecule has 28 heavy (non-hydrogen) atoms. The maximum atomic E-state index is 13.4. The van der Waals surface area contributed by atoms with Gasteiger partial charge in [-0.25, -0.2) is 4.39 Å². The minimum Gasteiger partial charge on any atom is -0.336 e. The molecular weight excluding hydrogens is 359 g/mol. The quantitative estimate of drug-likeness (QED) is 0.695. The molecule has 1 aliphatic rings. The Labute approximate surface area is 162 Å². The summed E-state index contributed by atoms with van der Waals surface area (Å²) in [5.74, 6) is 0.332. The fraction of sp³-hybridized carbons (Fsp3) is 0.286. The van der Waals surface area contributed by atoms with Crippen molar-refractivity contribution in [3.63, 3.8) is 0 Å². The van der Waals surface area contributed by atoms with Crippen LogP contribution in [-0.2, 0) is 0 Å². The Hall–Kier alpha value is -3.06. The van der Waals surface area contributed by atoms with Crippen molar-refractivity contribution < 1.29 is 13.7 Å². The van der Waals surface area contributed by atoms with Crippen LogP contribution in [0.1, 0.15) is 17.3 Å². The van der Waals surface area contributed by atoms with E-state index in [1.165, 1.54) is 12.1 Å². The van der Waals surface area contributed by atoms with Gasteiger partial charge in [0.05, 0.1) is 0 Å². The van der Waals surface area contributed by atoms with Gasteiger partial charge in [-0.15, -0.1) is 0 Å². The Kier molecular flexibility index (Phi) is 5.16. The Balaban J connectivity index is 1.47. The molecule has 1 aromatic heterocycles. The molecule has 0 bridgehead atoms. The van der Waals surface area contributed by atoms with E-state index in [9.17, 15) is 9.18 Å². The second-order valence-corrected chi connectivity index (χ2v) is 6.74. The van der Waals surface area contributed by atoms with Crippen LogP contribution in [0.2, 0.25) is 0 Å². The van der Waals surface area contributed by atoms with Crippen molar-refractivity contribution >= 4 is 5.91 Å². The number of likely N-dealkylation sites (N-methyl/N-ethyl adjacent to an activating group) is 1. The summed E-state index contributed by atoms with van der Waals surface area (Å²) >= 11 is 0. The zero-order valence-corrected chi connectivity index (χ0v) is 15.6. The Morgan fingerprint density at radius 1 is 1.07 bits per heavy atom. The molecule has 6 nitrogen and oxygen atoms in total. The van der Waals surface area contributed by atoms with E-state index in [0.29, 0.717) is 28.4 Å². The van der Waals surface area contributed by atoms with Crippen molar-refractivity contribution in [1.82, 2.24) is 19.9 Å². The summed E-state index contributed by atoms with van der Waals surface area (Å²) in [6.45, 7) is 6.45. The molecule has 1 aliphatic heterocycles. The van der Waals surface area contributed by atoms with Gasteiger partial charge in [0, 0.05) is 42.9 Å². The molecule has 1 saturated heterocycles. The van der Waals surface area contributed by atoms with Gasteiger partial charge in [-0.2, -0.15) is 4.98 Å². The summed E-state index contributed by atoms with van der Waals surface area (Å²) in [5, 5.41) is 3.92. The molecule has 1 amide bonds. The first-order valence-corrected chi connectivity index (χ1v) is 9.36. The minimum absolute atomic E-state index is 0.0354. The topological polar surface area (TPSA) is 62.5 Å². The largest absolute Gasteiger partial charge is 0.336 e. The zero-order chi connectivity index (χ0) is 19.5. The van der Waals surface area contributed by atoms with Gasteiger partial charge in [0.15, 0.2) is 0 Å². The third kappa shape index (κ3) is 3.80. The number of carbonyl (C=O) groups excluding carboxylic acids is 1. The molecule has 144 valence electrons. The molecular formula is C21H21FN4O2. The Bertz CT molecular complexity index is 963. The summed E-state index contributed by atoms with van der Waals surface area (Å²) in [6, 6.07) is 13.2.